The topological polar surface area (TPSA) is 18.5 Å². The van der Waals surface area contributed by atoms with Gasteiger partial charge in [-0.05, 0) is 23.6 Å². The van der Waals surface area contributed by atoms with E-state index >= 15 is 0 Å². The number of fused-ring (bicyclic) bond motifs is 1. The summed E-state index contributed by atoms with van der Waals surface area (Å²) in [6.45, 7) is 2.52. The first-order valence-corrected chi connectivity index (χ1v) is 5.39. The van der Waals surface area contributed by atoms with Crippen LogP contribution in [0.2, 0.25) is 0 Å². The fraction of sp³-hybridized carbons (Fsp3) is 0.400. The van der Waals surface area contributed by atoms with E-state index in [9.17, 15) is 0 Å². The molecule has 1 unspecified atom stereocenters. The summed E-state index contributed by atoms with van der Waals surface area (Å²) < 4.78 is 10.5. The molecule has 1 heterocycles. The van der Waals surface area contributed by atoms with Crippen molar-refractivity contribution in [2.24, 2.45) is 0 Å². The molecule has 13 heavy (non-hydrogen) atoms. The Hall–Kier alpha value is -0.700. The van der Waals surface area contributed by atoms with E-state index in [1.54, 1.807) is 0 Å². The van der Waals surface area contributed by atoms with E-state index in [2.05, 4.69) is 28.9 Å². The molecule has 1 aliphatic rings. The van der Waals surface area contributed by atoms with Crippen LogP contribution in [0.25, 0.3) is 0 Å². The van der Waals surface area contributed by atoms with Gasteiger partial charge < -0.3 is 9.47 Å². The minimum Gasteiger partial charge on any atom is -0.454 e. The largest absolute Gasteiger partial charge is 0.454 e. The molecule has 1 atom stereocenters. The molecule has 0 aromatic heterocycles. The van der Waals surface area contributed by atoms with Crippen LogP contribution < -0.4 is 9.47 Å². The molecule has 1 aromatic carbocycles. The van der Waals surface area contributed by atoms with Crippen molar-refractivity contribution in [2.75, 3.05) is 12.1 Å². The Morgan fingerprint density at radius 2 is 2.15 bits per heavy atom. The molecule has 3 heteroatoms. The SMILES string of the molecule is CC(CBr)c1ccc2c(c1)OCO2. The van der Waals surface area contributed by atoms with Gasteiger partial charge >= 0.3 is 0 Å². The average Bonchev–Trinajstić information content (AvgIpc) is 2.63. The fourth-order valence-corrected chi connectivity index (χ4v) is 1.68. The molecule has 0 aliphatic carbocycles. The van der Waals surface area contributed by atoms with E-state index in [4.69, 9.17) is 9.47 Å². The van der Waals surface area contributed by atoms with Gasteiger partial charge in [0.25, 0.3) is 0 Å². The van der Waals surface area contributed by atoms with Crippen molar-refractivity contribution in [1.29, 1.82) is 0 Å². The Kier molecular flexibility index (Phi) is 2.44. The first kappa shape index (κ1) is 8.88. The Balaban J connectivity index is 2.30. The zero-order chi connectivity index (χ0) is 9.26. The molecule has 70 valence electrons. The van der Waals surface area contributed by atoms with Crippen molar-refractivity contribution in [3.05, 3.63) is 23.8 Å². The van der Waals surface area contributed by atoms with Crippen LogP contribution in [0.3, 0.4) is 0 Å². The van der Waals surface area contributed by atoms with Crippen LogP contribution in [0.15, 0.2) is 18.2 Å². The van der Waals surface area contributed by atoms with Crippen LogP contribution in [-0.4, -0.2) is 12.1 Å². The quantitative estimate of drug-likeness (QED) is 0.743. The van der Waals surface area contributed by atoms with Gasteiger partial charge in [0.2, 0.25) is 6.79 Å². The predicted octanol–water partition coefficient (Wildman–Crippen LogP) is 2.91. The molecular formula is C10H11BrO2. The highest BCUT2D eigenvalue weighted by atomic mass is 79.9. The highest BCUT2D eigenvalue weighted by Crippen LogP contribution is 2.34. The van der Waals surface area contributed by atoms with Crippen LogP contribution in [0, 0.1) is 0 Å². The van der Waals surface area contributed by atoms with Gasteiger partial charge in [0.1, 0.15) is 0 Å². The van der Waals surface area contributed by atoms with E-state index in [0.29, 0.717) is 12.7 Å². The first-order chi connectivity index (χ1) is 6.31. The molecule has 2 rings (SSSR count). The summed E-state index contributed by atoms with van der Waals surface area (Å²) in [5, 5.41) is 0.965. The van der Waals surface area contributed by atoms with Gasteiger partial charge in [-0.25, -0.2) is 0 Å². The molecular weight excluding hydrogens is 232 g/mol. The van der Waals surface area contributed by atoms with E-state index in [0.717, 1.165) is 16.8 Å². The molecule has 0 radical (unpaired) electrons. The second-order valence-electron chi connectivity index (χ2n) is 3.17. The van der Waals surface area contributed by atoms with Gasteiger partial charge in [-0.3, -0.25) is 0 Å². The number of alkyl halides is 1. The highest BCUT2D eigenvalue weighted by Gasteiger charge is 2.14. The summed E-state index contributed by atoms with van der Waals surface area (Å²) in [4.78, 5) is 0. The number of hydrogen-bond donors (Lipinski definition) is 0. The predicted molar refractivity (Wildman–Crippen MR) is 54.8 cm³/mol. The first-order valence-electron chi connectivity index (χ1n) is 4.27. The van der Waals surface area contributed by atoms with E-state index < -0.39 is 0 Å². The van der Waals surface area contributed by atoms with Gasteiger partial charge in [0.05, 0.1) is 0 Å². The third-order valence-corrected chi connectivity index (χ3v) is 3.17. The van der Waals surface area contributed by atoms with Gasteiger partial charge in [0, 0.05) is 5.33 Å². The lowest BCUT2D eigenvalue weighted by atomic mass is 10.0. The smallest absolute Gasteiger partial charge is 0.231 e. The molecule has 0 bridgehead atoms. The molecule has 0 spiro atoms. The maximum Gasteiger partial charge on any atom is 0.231 e. The summed E-state index contributed by atoms with van der Waals surface area (Å²) in [6, 6.07) is 6.10. The Bertz CT molecular complexity index is 312. The molecule has 0 fully saturated rings. The van der Waals surface area contributed by atoms with Crippen molar-refractivity contribution in [3.8, 4) is 11.5 Å². The van der Waals surface area contributed by atoms with Crippen molar-refractivity contribution in [3.63, 3.8) is 0 Å². The number of benzene rings is 1. The van der Waals surface area contributed by atoms with Crippen LogP contribution in [0.5, 0.6) is 11.5 Å². The normalized spacial score (nSPS) is 15.8. The zero-order valence-corrected chi connectivity index (χ0v) is 9.00. The number of halogens is 1. The zero-order valence-electron chi connectivity index (χ0n) is 7.42. The average molecular weight is 243 g/mol. The van der Waals surface area contributed by atoms with Gasteiger partial charge in [-0.1, -0.05) is 28.9 Å². The van der Waals surface area contributed by atoms with Crippen LogP contribution >= 0.6 is 15.9 Å². The van der Waals surface area contributed by atoms with Gasteiger partial charge in [-0.2, -0.15) is 0 Å². The van der Waals surface area contributed by atoms with Gasteiger partial charge in [-0.15, -0.1) is 0 Å². The van der Waals surface area contributed by atoms with E-state index in [-0.39, 0.29) is 0 Å². The lowest BCUT2D eigenvalue weighted by Crippen LogP contribution is -1.94. The van der Waals surface area contributed by atoms with Crippen LogP contribution in [0.1, 0.15) is 18.4 Å². The molecule has 0 N–H and O–H groups in total. The highest BCUT2D eigenvalue weighted by molar-refractivity contribution is 9.09. The minimum absolute atomic E-state index is 0.349. The van der Waals surface area contributed by atoms with Crippen molar-refractivity contribution in [2.45, 2.75) is 12.8 Å². The maximum absolute atomic E-state index is 5.30. The summed E-state index contributed by atoms with van der Waals surface area (Å²) in [5.41, 5.74) is 1.28. The molecule has 1 aliphatic heterocycles. The summed E-state index contributed by atoms with van der Waals surface area (Å²) in [5.74, 6) is 2.23. The van der Waals surface area contributed by atoms with E-state index in [1.807, 2.05) is 12.1 Å². The van der Waals surface area contributed by atoms with Crippen LogP contribution in [0.4, 0.5) is 0 Å². The maximum atomic E-state index is 5.30. The fourth-order valence-electron chi connectivity index (χ4n) is 1.31. The van der Waals surface area contributed by atoms with Gasteiger partial charge in [0.15, 0.2) is 11.5 Å². The van der Waals surface area contributed by atoms with Crippen LogP contribution in [-0.2, 0) is 0 Å². The number of rotatable bonds is 2. The Morgan fingerprint density at radius 3 is 2.92 bits per heavy atom. The Labute approximate surface area is 86.0 Å². The lowest BCUT2D eigenvalue weighted by Gasteiger charge is -2.08. The summed E-state index contributed by atoms with van der Waals surface area (Å²) >= 11 is 3.46. The second kappa shape index (κ2) is 3.58. The molecule has 1 aromatic rings. The molecule has 0 saturated carbocycles. The summed E-state index contributed by atoms with van der Waals surface area (Å²) in [7, 11) is 0. The monoisotopic (exact) mass is 242 g/mol. The van der Waals surface area contributed by atoms with Crippen molar-refractivity contribution < 1.29 is 9.47 Å². The Morgan fingerprint density at radius 1 is 1.38 bits per heavy atom. The molecule has 2 nitrogen and oxygen atoms in total. The minimum atomic E-state index is 0.349. The molecule has 0 amide bonds. The number of hydrogen-bond acceptors (Lipinski definition) is 2. The van der Waals surface area contributed by atoms with E-state index in [1.165, 1.54) is 5.56 Å². The van der Waals surface area contributed by atoms with Crippen molar-refractivity contribution in [1.82, 2.24) is 0 Å². The third-order valence-electron chi connectivity index (χ3n) is 2.20. The second-order valence-corrected chi connectivity index (χ2v) is 3.82. The number of ether oxygens (including phenoxy) is 2. The molecule has 0 saturated heterocycles. The summed E-state index contributed by atoms with van der Waals surface area (Å²) in [6.07, 6.45) is 0. The van der Waals surface area contributed by atoms with Crippen molar-refractivity contribution >= 4 is 15.9 Å². The third kappa shape index (κ3) is 1.66. The lowest BCUT2D eigenvalue weighted by molar-refractivity contribution is 0.174. The standard InChI is InChI=1S/C10H11BrO2/c1-7(5-11)8-2-3-9-10(4-8)13-6-12-9/h2-4,7H,5-6H2,1H3.